The molecular weight excluding hydrogens is 427 g/mol. The minimum Gasteiger partial charge on any atom is -0.354 e. The molecule has 5 rings (SSSR count). The van der Waals surface area contributed by atoms with Crippen LogP contribution in [0.2, 0.25) is 0 Å². The number of nitrogens with zero attached hydrogens (tertiary/aromatic N) is 3. The maximum absolute atomic E-state index is 13.4. The van der Waals surface area contributed by atoms with Gasteiger partial charge < -0.3 is 5.32 Å². The summed E-state index contributed by atoms with van der Waals surface area (Å²) >= 11 is 0. The van der Waals surface area contributed by atoms with Crippen LogP contribution in [0.25, 0.3) is 11.8 Å². The number of pyridine rings is 1. The zero-order chi connectivity index (χ0) is 23.7. The van der Waals surface area contributed by atoms with Crippen molar-refractivity contribution >= 4 is 12.0 Å². The third-order valence-corrected chi connectivity index (χ3v) is 7.73. The molecule has 0 radical (unpaired) electrons. The van der Waals surface area contributed by atoms with Crippen LogP contribution in [0.3, 0.4) is 0 Å². The van der Waals surface area contributed by atoms with Gasteiger partial charge in [0.25, 0.3) is 0 Å². The van der Waals surface area contributed by atoms with Gasteiger partial charge in [0.15, 0.2) is 0 Å². The molecule has 0 aliphatic heterocycles. The van der Waals surface area contributed by atoms with Crippen molar-refractivity contribution in [1.29, 1.82) is 0 Å². The summed E-state index contributed by atoms with van der Waals surface area (Å²) in [6.45, 7) is 3.99. The predicted octanol–water partition coefficient (Wildman–Crippen LogP) is 5.29. The summed E-state index contributed by atoms with van der Waals surface area (Å²) < 4.78 is 15.3. The van der Waals surface area contributed by atoms with Crippen LogP contribution in [-0.4, -0.2) is 26.7 Å². The molecule has 1 fully saturated rings. The summed E-state index contributed by atoms with van der Waals surface area (Å²) in [5, 5.41) is 7.85. The summed E-state index contributed by atoms with van der Waals surface area (Å²) in [5.41, 5.74) is 5.99. The minimum atomic E-state index is -0.244. The number of benzene rings is 1. The number of halogens is 1. The number of aromatic nitrogens is 3. The number of carbonyl (C=O) groups is 1. The molecule has 1 N–H and O–H groups in total. The number of hydrogen-bond donors (Lipinski definition) is 1. The Labute approximate surface area is 200 Å². The predicted molar refractivity (Wildman–Crippen MR) is 131 cm³/mol. The average Bonchev–Trinajstić information content (AvgIpc) is 3.36. The van der Waals surface area contributed by atoms with E-state index in [1.807, 2.05) is 35.4 Å². The summed E-state index contributed by atoms with van der Waals surface area (Å²) in [7, 11) is 0. The van der Waals surface area contributed by atoms with Crippen molar-refractivity contribution in [3.8, 4) is 5.69 Å². The third-order valence-electron chi connectivity index (χ3n) is 7.73. The smallest absolute Gasteiger partial charge is 0.217 e. The molecule has 5 nitrogen and oxygen atoms in total. The van der Waals surface area contributed by atoms with Crippen molar-refractivity contribution < 1.29 is 9.18 Å². The summed E-state index contributed by atoms with van der Waals surface area (Å²) in [4.78, 5) is 16.1. The van der Waals surface area contributed by atoms with Crippen LogP contribution in [-0.2, 0) is 17.6 Å². The quantitative estimate of drug-likeness (QED) is 0.523. The molecule has 2 aliphatic rings. The van der Waals surface area contributed by atoms with E-state index in [1.54, 1.807) is 19.1 Å². The van der Waals surface area contributed by atoms with Gasteiger partial charge in [-0.05, 0) is 103 Å². The first-order chi connectivity index (χ1) is 16.4. The van der Waals surface area contributed by atoms with Gasteiger partial charge in [-0.25, -0.2) is 9.07 Å². The molecule has 1 amide bonds. The van der Waals surface area contributed by atoms with Crippen molar-refractivity contribution in [3.63, 3.8) is 0 Å². The van der Waals surface area contributed by atoms with E-state index in [0.29, 0.717) is 5.92 Å². The molecule has 6 heteroatoms. The van der Waals surface area contributed by atoms with Crippen molar-refractivity contribution in [2.45, 2.75) is 58.4 Å². The number of rotatable bonds is 7. The maximum atomic E-state index is 13.4. The molecule has 3 aromatic rings. The maximum Gasteiger partial charge on any atom is 0.217 e. The van der Waals surface area contributed by atoms with Gasteiger partial charge in [-0.15, -0.1) is 0 Å². The molecule has 0 spiro atoms. The number of hydrogen-bond acceptors (Lipinski definition) is 3. The van der Waals surface area contributed by atoms with Crippen LogP contribution >= 0.6 is 0 Å². The highest BCUT2D eigenvalue weighted by atomic mass is 19.1. The lowest BCUT2D eigenvalue weighted by Gasteiger charge is -2.37. The van der Waals surface area contributed by atoms with E-state index in [9.17, 15) is 9.18 Å². The molecule has 1 unspecified atom stereocenters. The highest BCUT2D eigenvalue weighted by molar-refractivity contribution is 5.73. The molecule has 2 aliphatic carbocycles. The number of fused-ring (bicyclic) bond motifs is 2. The van der Waals surface area contributed by atoms with Gasteiger partial charge in [0, 0.05) is 25.4 Å². The van der Waals surface area contributed by atoms with E-state index in [-0.39, 0.29) is 23.2 Å². The van der Waals surface area contributed by atoms with E-state index >= 15 is 0 Å². The fraction of sp³-hybridized carbons (Fsp3) is 0.393. The first kappa shape index (κ1) is 22.5. The lowest BCUT2D eigenvalue weighted by molar-refractivity contribution is -0.119. The first-order valence-electron chi connectivity index (χ1n) is 12.1. The minimum absolute atomic E-state index is 0.0325. The fourth-order valence-corrected chi connectivity index (χ4v) is 5.87. The van der Waals surface area contributed by atoms with Gasteiger partial charge in [0.05, 0.1) is 17.6 Å². The Bertz CT molecular complexity index is 1200. The van der Waals surface area contributed by atoms with Gasteiger partial charge in [-0.3, -0.25) is 9.78 Å². The largest absolute Gasteiger partial charge is 0.354 e. The molecule has 176 valence electrons. The van der Waals surface area contributed by atoms with Crippen molar-refractivity contribution in [2.24, 2.45) is 11.3 Å². The molecule has 1 saturated carbocycles. The molecule has 3 atom stereocenters. The highest BCUT2D eigenvalue weighted by Gasteiger charge is 2.46. The Morgan fingerprint density at radius 1 is 1.24 bits per heavy atom. The Hall–Kier alpha value is -3.28. The van der Waals surface area contributed by atoms with Gasteiger partial charge in [0.2, 0.25) is 5.91 Å². The zero-order valence-corrected chi connectivity index (χ0v) is 19.8. The Morgan fingerprint density at radius 3 is 2.74 bits per heavy atom. The van der Waals surface area contributed by atoms with Gasteiger partial charge in [-0.2, -0.15) is 5.10 Å². The summed E-state index contributed by atoms with van der Waals surface area (Å²) in [6, 6.07) is 10.7. The van der Waals surface area contributed by atoms with E-state index in [4.69, 9.17) is 0 Å². The second-order valence-corrected chi connectivity index (χ2v) is 9.97. The highest BCUT2D eigenvalue weighted by Crippen LogP contribution is 2.54. The zero-order valence-electron chi connectivity index (χ0n) is 19.8. The topological polar surface area (TPSA) is 59.8 Å². The number of amides is 1. The van der Waals surface area contributed by atoms with Crippen LogP contribution in [0.1, 0.15) is 56.4 Å². The first-order valence-corrected chi connectivity index (χ1v) is 12.1. The van der Waals surface area contributed by atoms with Gasteiger partial charge >= 0.3 is 0 Å². The van der Waals surface area contributed by atoms with Crippen molar-refractivity contribution in [2.75, 3.05) is 0 Å². The van der Waals surface area contributed by atoms with E-state index in [2.05, 4.69) is 28.4 Å². The molecule has 2 aromatic heterocycles. The van der Waals surface area contributed by atoms with Gasteiger partial charge in [0.1, 0.15) is 5.82 Å². The van der Waals surface area contributed by atoms with E-state index < -0.39 is 0 Å². The van der Waals surface area contributed by atoms with Crippen LogP contribution in [0, 0.1) is 17.2 Å². The normalized spacial score (nSPS) is 22.0. The molecule has 1 aromatic carbocycles. The van der Waals surface area contributed by atoms with E-state index in [1.165, 1.54) is 28.8 Å². The monoisotopic (exact) mass is 458 g/mol. The number of nitrogens with one attached hydrogen (secondary N) is 1. The average molecular weight is 459 g/mol. The fourth-order valence-electron chi connectivity index (χ4n) is 5.87. The van der Waals surface area contributed by atoms with Crippen molar-refractivity contribution in [1.82, 2.24) is 20.1 Å². The molecular formula is C28H31FN4O. The summed E-state index contributed by atoms with van der Waals surface area (Å²) in [5.74, 6) is 0.285. The van der Waals surface area contributed by atoms with Crippen molar-refractivity contribution in [3.05, 3.63) is 83.2 Å². The number of allylic oxidation sites excluding steroid dienone is 1. The summed E-state index contributed by atoms with van der Waals surface area (Å²) in [6.07, 6.45) is 13.9. The Kier molecular flexibility index (Phi) is 6.07. The molecule has 0 saturated heterocycles. The van der Waals surface area contributed by atoms with Crippen LogP contribution in [0.5, 0.6) is 0 Å². The van der Waals surface area contributed by atoms with Crippen LogP contribution < -0.4 is 5.32 Å². The molecule has 2 heterocycles. The molecule has 0 bridgehead atoms. The van der Waals surface area contributed by atoms with E-state index in [0.717, 1.165) is 49.9 Å². The number of aryl methyl sites for hydroxylation is 1. The third kappa shape index (κ3) is 4.41. The standard InChI is InChI=1S/C28H31FN4O/c1-19(34)32-25(8-3-20-11-13-30-14-12-20)15-22-4-5-23-16-27-21(17-28(22,23)2)18-31-33(27)26-9-6-24(29)7-10-26/h6-7,9-14,16,18,22,25H,3-5,8,15,17H2,1-2H3,(H,32,34)/t22-,25?,28-/m1/s1. The molecule has 34 heavy (non-hydrogen) atoms. The lowest BCUT2D eigenvalue weighted by atomic mass is 9.68. The SMILES string of the molecule is CC(=O)NC(CCc1ccncc1)C[C@H]1CCC2=Cc3c(cnn3-c3ccc(F)cc3)C[C@@]21C. The van der Waals surface area contributed by atoms with Gasteiger partial charge in [-0.1, -0.05) is 12.5 Å². The second kappa shape index (κ2) is 9.16. The lowest BCUT2D eigenvalue weighted by Crippen LogP contribution is -2.38. The Balaban J connectivity index is 1.34. The van der Waals surface area contributed by atoms with Crippen LogP contribution in [0.4, 0.5) is 4.39 Å². The number of carbonyl (C=O) groups excluding carboxylic acids is 1. The van der Waals surface area contributed by atoms with Crippen LogP contribution in [0.15, 0.2) is 60.6 Å². The second-order valence-electron chi connectivity index (χ2n) is 9.97. The Morgan fingerprint density at radius 2 is 2.00 bits per heavy atom.